The van der Waals surface area contributed by atoms with Crippen molar-refractivity contribution in [3.8, 4) is 0 Å². The maximum absolute atomic E-state index is 11.8. The van der Waals surface area contributed by atoms with E-state index in [-0.39, 0.29) is 10.9 Å². The van der Waals surface area contributed by atoms with Crippen molar-refractivity contribution < 1.29 is 13.2 Å². The number of ether oxygens (including phenoxy) is 1. The fraction of sp³-hybridized carbons (Fsp3) is 0.500. The first-order valence-corrected chi connectivity index (χ1v) is 7.61. The molecule has 3 N–H and O–H groups in total. The number of nitrogens with one attached hydrogen (secondary N) is 1. The van der Waals surface area contributed by atoms with Gasteiger partial charge in [-0.1, -0.05) is 0 Å². The highest BCUT2D eigenvalue weighted by atomic mass is 32.2. The second-order valence-electron chi connectivity index (χ2n) is 4.55. The Morgan fingerprint density at radius 3 is 2.84 bits per heavy atom. The number of benzene rings is 1. The molecular weight excluding hydrogens is 266 g/mol. The molecular formula is C12H19N3O3S. The maximum Gasteiger partial charge on any atom is 0.240 e. The molecule has 1 heterocycles. The summed E-state index contributed by atoms with van der Waals surface area (Å²) < 4.78 is 31.4. The molecule has 1 aromatic rings. The van der Waals surface area contributed by atoms with Gasteiger partial charge in [0.15, 0.2) is 0 Å². The molecule has 1 aromatic carbocycles. The molecule has 0 aromatic heterocycles. The molecule has 1 saturated heterocycles. The molecule has 1 aliphatic heterocycles. The van der Waals surface area contributed by atoms with E-state index in [1.165, 1.54) is 13.1 Å². The summed E-state index contributed by atoms with van der Waals surface area (Å²) in [5.41, 5.74) is 7.29. The van der Waals surface area contributed by atoms with Crippen LogP contribution in [-0.4, -0.2) is 41.3 Å². The van der Waals surface area contributed by atoms with Gasteiger partial charge in [0.2, 0.25) is 10.0 Å². The van der Waals surface area contributed by atoms with Crippen LogP contribution in [-0.2, 0) is 14.8 Å². The zero-order chi connectivity index (χ0) is 14.0. The summed E-state index contributed by atoms with van der Waals surface area (Å²) in [6.45, 7) is 3.96. The first-order valence-electron chi connectivity index (χ1n) is 6.13. The van der Waals surface area contributed by atoms with Crippen LogP contribution in [0.2, 0.25) is 0 Å². The summed E-state index contributed by atoms with van der Waals surface area (Å²) in [6, 6.07) is 4.92. The van der Waals surface area contributed by atoms with Crippen molar-refractivity contribution >= 4 is 21.4 Å². The minimum absolute atomic E-state index is 0.170. The van der Waals surface area contributed by atoms with E-state index in [1.54, 1.807) is 12.1 Å². The van der Waals surface area contributed by atoms with Crippen molar-refractivity contribution in [3.05, 3.63) is 18.2 Å². The van der Waals surface area contributed by atoms with E-state index in [2.05, 4.69) is 9.62 Å². The van der Waals surface area contributed by atoms with E-state index in [4.69, 9.17) is 10.5 Å². The minimum atomic E-state index is -3.46. The van der Waals surface area contributed by atoms with E-state index in [0.717, 1.165) is 5.69 Å². The van der Waals surface area contributed by atoms with Crippen LogP contribution in [0.25, 0.3) is 0 Å². The van der Waals surface area contributed by atoms with Crippen molar-refractivity contribution in [3.63, 3.8) is 0 Å². The predicted molar refractivity (Wildman–Crippen MR) is 74.7 cm³/mol. The number of nitrogens with two attached hydrogens (primary N) is 1. The fourth-order valence-corrected chi connectivity index (χ4v) is 2.89. The van der Waals surface area contributed by atoms with E-state index in [0.29, 0.717) is 25.4 Å². The van der Waals surface area contributed by atoms with E-state index in [1.807, 2.05) is 6.92 Å². The molecule has 0 saturated carbocycles. The van der Waals surface area contributed by atoms with Crippen LogP contribution in [0.5, 0.6) is 0 Å². The number of morpholine rings is 1. The van der Waals surface area contributed by atoms with Gasteiger partial charge in [-0.25, -0.2) is 13.1 Å². The predicted octanol–water partition coefficient (Wildman–Crippen LogP) is 0.402. The van der Waals surface area contributed by atoms with Gasteiger partial charge >= 0.3 is 0 Å². The van der Waals surface area contributed by atoms with Gasteiger partial charge in [0.05, 0.1) is 29.5 Å². The summed E-state index contributed by atoms with van der Waals surface area (Å²) in [5, 5.41) is 0. The largest absolute Gasteiger partial charge is 0.397 e. The van der Waals surface area contributed by atoms with Gasteiger partial charge in [0.1, 0.15) is 0 Å². The molecule has 2 rings (SSSR count). The first kappa shape index (κ1) is 14.1. The molecule has 0 spiro atoms. The number of anilines is 2. The van der Waals surface area contributed by atoms with E-state index >= 15 is 0 Å². The smallest absolute Gasteiger partial charge is 0.240 e. The zero-order valence-corrected chi connectivity index (χ0v) is 11.9. The Hall–Kier alpha value is -1.31. The van der Waals surface area contributed by atoms with Crippen molar-refractivity contribution in [1.82, 2.24) is 4.72 Å². The van der Waals surface area contributed by atoms with Gasteiger partial charge in [0.25, 0.3) is 0 Å². The molecule has 6 nitrogen and oxygen atoms in total. The Balaban J connectivity index is 2.42. The highest BCUT2D eigenvalue weighted by Crippen LogP contribution is 2.29. The molecule has 1 aliphatic rings. The average Bonchev–Trinajstić information content (AvgIpc) is 2.40. The second kappa shape index (κ2) is 5.36. The number of nitrogens with zero attached hydrogens (tertiary/aromatic N) is 1. The summed E-state index contributed by atoms with van der Waals surface area (Å²) in [4.78, 5) is 2.30. The minimum Gasteiger partial charge on any atom is -0.397 e. The average molecular weight is 285 g/mol. The second-order valence-corrected chi connectivity index (χ2v) is 6.43. The number of rotatable bonds is 3. The van der Waals surface area contributed by atoms with Gasteiger partial charge in [-0.05, 0) is 32.2 Å². The number of hydrogen-bond acceptors (Lipinski definition) is 5. The molecule has 0 bridgehead atoms. The summed E-state index contributed by atoms with van der Waals surface area (Å²) in [7, 11) is -2.07. The molecule has 1 fully saturated rings. The Bertz CT molecular complexity index is 559. The van der Waals surface area contributed by atoms with Crippen molar-refractivity contribution in [1.29, 1.82) is 0 Å². The molecule has 19 heavy (non-hydrogen) atoms. The van der Waals surface area contributed by atoms with Gasteiger partial charge in [-0.2, -0.15) is 0 Å². The third kappa shape index (κ3) is 2.83. The van der Waals surface area contributed by atoms with E-state index in [9.17, 15) is 8.42 Å². The number of hydrogen-bond donors (Lipinski definition) is 2. The molecule has 1 atom stereocenters. The SMILES string of the molecule is CNS(=O)(=O)c1ccc(N)c(N2CCOCC2C)c1. The van der Waals surface area contributed by atoms with Crippen LogP contribution in [0.4, 0.5) is 11.4 Å². The molecule has 0 amide bonds. The van der Waals surface area contributed by atoms with Crippen LogP contribution in [0, 0.1) is 0 Å². The molecule has 106 valence electrons. The Morgan fingerprint density at radius 2 is 2.21 bits per heavy atom. The lowest BCUT2D eigenvalue weighted by Crippen LogP contribution is -2.44. The highest BCUT2D eigenvalue weighted by molar-refractivity contribution is 7.89. The summed E-state index contributed by atoms with van der Waals surface area (Å²) in [5.74, 6) is 0. The lowest BCUT2D eigenvalue weighted by molar-refractivity contribution is 0.0990. The lowest BCUT2D eigenvalue weighted by Gasteiger charge is -2.36. The van der Waals surface area contributed by atoms with Gasteiger partial charge in [0, 0.05) is 12.6 Å². The highest BCUT2D eigenvalue weighted by Gasteiger charge is 2.22. The van der Waals surface area contributed by atoms with Gasteiger partial charge in [-0.15, -0.1) is 0 Å². The Labute approximate surface area is 113 Å². The number of nitrogen functional groups attached to an aromatic ring is 1. The van der Waals surface area contributed by atoms with Crippen LogP contribution in [0.1, 0.15) is 6.92 Å². The van der Waals surface area contributed by atoms with Crippen molar-refractivity contribution in [2.75, 3.05) is 37.4 Å². The topological polar surface area (TPSA) is 84.7 Å². The quantitative estimate of drug-likeness (QED) is 0.785. The normalized spacial score (nSPS) is 20.5. The van der Waals surface area contributed by atoms with Gasteiger partial charge < -0.3 is 15.4 Å². The third-order valence-electron chi connectivity index (χ3n) is 3.26. The van der Waals surface area contributed by atoms with Crippen LogP contribution < -0.4 is 15.4 Å². The zero-order valence-electron chi connectivity index (χ0n) is 11.1. The van der Waals surface area contributed by atoms with Crippen molar-refractivity contribution in [2.24, 2.45) is 0 Å². The van der Waals surface area contributed by atoms with Gasteiger partial charge in [-0.3, -0.25) is 0 Å². The monoisotopic (exact) mass is 285 g/mol. The van der Waals surface area contributed by atoms with Crippen LogP contribution in [0.15, 0.2) is 23.1 Å². The molecule has 0 aliphatic carbocycles. The Kier molecular flexibility index (Phi) is 3.98. The maximum atomic E-state index is 11.8. The van der Waals surface area contributed by atoms with E-state index < -0.39 is 10.0 Å². The summed E-state index contributed by atoms with van der Waals surface area (Å²) in [6.07, 6.45) is 0. The van der Waals surface area contributed by atoms with Crippen LogP contribution in [0.3, 0.4) is 0 Å². The molecule has 0 radical (unpaired) electrons. The third-order valence-corrected chi connectivity index (χ3v) is 4.67. The summed E-state index contributed by atoms with van der Waals surface area (Å²) >= 11 is 0. The first-order chi connectivity index (χ1) is 8.95. The van der Waals surface area contributed by atoms with Crippen molar-refractivity contribution in [2.45, 2.75) is 17.9 Å². The van der Waals surface area contributed by atoms with Crippen LogP contribution >= 0.6 is 0 Å². The fourth-order valence-electron chi connectivity index (χ4n) is 2.14. The Morgan fingerprint density at radius 1 is 1.47 bits per heavy atom. The number of sulfonamides is 1. The standard InChI is InChI=1S/C12H19N3O3S/c1-9-8-18-6-5-15(9)12-7-10(3-4-11(12)13)19(16,17)14-2/h3-4,7,9,14H,5-6,8,13H2,1-2H3. The molecule has 1 unspecified atom stereocenters. The molecule has 7 heteroatoms. The lowest BCUT2D eigenvalue weighted by atomic mass is 10.2.